The Hall–Kier alpha value is -2.74. The Labute approximate surface area is 178 Å². The lowest BCUT2D eigenvalue weighted by Crippen LogP contribution is -2.41. The van der Waals surface area contributed by atoms with Crippen molar-refractivity contribution in [3.05, 3.63) is 53.1 Å². The van der Waals surface area contributed by atoms with E-state index in [1.165, 1.54) is 31.4 Å². The molecule has 1 aliphatic rings. The highest BCUT2D eigenvalue weighted by Gasteiger charge is 2.25. The van der Waals surface area contributed by atoms with E-state index in [1.807, 2.05) is 13.0 Å². The van der Waals surface area contributed by atoms with Gasteiger partial charge in [-0.2, -0.15) is 0 Å². The molecule has 3 rings (SSSR count). The summed E-state index contributed by atoms with van der Waals surface area (Å²) in [6, 6.07) is 10.8. The third-order valence-corrected chi connectivity index (χ3v) is 6.47. The number of sulfonamides is 1. The maximum absolute atomic E-state index is 12.8. The van der Waals surface area contributed by atoms with Crippen LogP contribution < -0.4 is 19.1 Å². The van der Waals surface area contributed by atoms with Crippen molar-refractivity contribution >= 4 is 21.6 Å². The number of rotatable bonds is 8. The van der Waals surface area contributed by atoms with Crippen LogP contribution in [0, 0.1) is 0 Å². The van der Waals surface area contributed by atoms with Crippen molar-refractivity contribution in [1.29, 1.82) is 0 Å². The molecular weight excluding hydrogens is 404 g/mol. The topological polar surface area (TPSA) is 84.9 Å². The van der Waals surface area contributed by atoms with E-state index in [4.69, 9.17) is 9.47 Å². The lowest BCUT2D eigenvalue weighted by atomic mass is 10.0. The number of nitrogens with one attached hydrogen (secondary N) is 1. The van der Waals surface area contributed by atoms with E-state index in [9.17, 15) is 13.2 Å². The van der Waals surface area contributed by atoms with Gasteiger partial charge < -0.3 is 14.8 Å². The van der Waals surface area contributed by atoms with Gasteiger partial charge in [0.1, 0.15) is 18.0 Å². The van der Waals surface area contributed by atoms with E-state index in [2.05, 4.69) is 17.4 Å². The lowest BCUT2D eigenvalue weighted by molar-refractivity contribution is -0.120. The van der Waals surface area contributed by atoms with Gasteiger partial charge in [-0.05, 0) is 55.0 Å². The number of ether oxygens (including phenoxy) is 2. The SMILES string of the molecule is COc1ccc(OC)c(N(CC(=O)N[C@@H](C)c2ccc3c(c2)CCC3)S(C)(=O)=O)c1. The molecule has 0 saturated heterocycles. The molecule has 0 aliphatic heterocycles. The van der Waals surface area contributed by atoms with Crippen molar-refractivity contribution in [1.82, 2.24) is 5.32 Å². The number of hydrogen-bond acceptors (Lipinski definition) is 5. The number of benzene rings is 2. The van der Waals surface area contributed by atoms with E-state index in [-0.39, 0.29) is 18.3 Å². The summed E-state index contributed by atoms with van der Waals surface area (Å²) in [7, 11) is -0.808. The smallest absolute Gasteiger partial charge is 0.241 e. The molecule has 0 heterocycles. The zero-order valence-electron chi connectivity index (χ0n) is 17.8. The van der Waals surface area contributed by atoms with Crippen molar-refractivity contribution in [2.75, 3.05) is 31.3 Å². The second-order valence-electron chi connectivity index (χ2n) is 7.48. The fourth-order valence-corrected chi connectivity index (χ4v) is 4.59. The average Bonchev–Trinajstić information content (AvgIpc) is 3.18. The summed E-state index contributed by atoms with van der Waals surface area (Å²) >= 11 is 0. The predicted octanol–water partition coefficient (Wildman–Crippen LogP) is 2.84. The monoisotopic (exact) mass is 432 g/mol. The van der Waals surface area contributed by atoms with E-state index < -0.39 is 15.9 Å². The van der Waals surface area contributed by atoms with Crippen LogP contribution in [-0.2, 0) is 27.7 Å². The molecule has 0 spiro atoms. The predicted molar refractivity (Wildman–Crippen MR) is 117 cm³/mol. The highest BCUT2D eigenvalue weighted by Crippen LogP contribution is 2.33. The fraction of sp³-hybridized carbons (Fsp3) is 0.409. The van der Waals surface area contributed by atoms with Gasteiger partial charge in [0.15, 0.2) is 0 Å². The van der Waals surface area contributed by atoms with Crippen LogP contribution in [0.4, 0.5) is 5.69 Å². The number of hydrogen-bond donors (Lipinski definition) is 1. The fourth-order valence-electron chi connectivity index (χ4n) is 3.73. The highest BCUT2D eigenvalue weighted by atomic mass is 32.2. The minimum absolute atomic E-state index is 0.239. The van der Waals surface area contributed by atoms with Gasteiger partial charge in [-0.3, -0.25) is 9.10 Å². The Morgan fingerprint density at radius 1 is 1.10 bits per heavy atom. The van der Waals surface area contributed by atoms with Crippen LogP contribution in [0.5, 0.6) is 11.5 Å². The first-order chi connectivity index (χ1) is 14.2. The number of carbonyl (C=O) groups excluding carboxylic acids is 1. The standard InChI is InChI=1S/C22H28N2O5S/c1-15(17-9-8-16-6-5-7-18(16)12-17)23-22(25)14-24(30(4,26)27)20-13-19(28-2)10-11-21(20)29-3/h8-13,15H,5-7,14H2,1-4H3,(H,23,25)/t15-/m0/s1. The quantitative estimate of drug-likeness (QED) is 0.693. The Balaban J connectivity index is 1.80. The molecule has 0 bridgehead atoms. The maximum Gasteiger partial charge on any atom is 0.241 e. The molecule has 1 aliphatic carbocycles. The van der Waals surface area contributed by atoms with Crippen LogP contribution in [0.25, 0.3) is 0 Å². The largest absolute Gasteiger partial charge is 0.497 e. The van der Waals surface area contributed by atoms with E-state index in [0.717, 1.165) is 35.4 Å². The molecular formula is C22H28N2O5S. The third kappa shape index (κ3) is 4.87. The number of amides is 1. The van der Waals surface area contributed by atoms with Gasteiger partial charge in [-0.1, -0.05) is 18.2 Å². The number of methoxy groups -OCH3 is 2. The minimum Gasteiger partial charge on any atom is -0.497 e. The molecule has 1 amide bonds. The van der Waals surface area contributed by atoms with Crippen molar-refractivity contribution in [2.45, 2.75) is 32.2 Å². The first-order valence-electron chi connectivity index (χ1n) is 9.83. The van der Waals surface area contributed by atoms with Gasteiger partial charge in [0.2, 0.25) is 15.9 Å². The Morgan fingerprint density at radius 3 is 2.50 bits per heavy atom. The molecule has 30 heavy (non-hydrogen) atoms. The Bertz CT molecular complexity index is 1040. The van der Waals surface area contributed by atoms with Crippen molar-refractivity contribution in [3.63, 3.8) is 0 Å². The molecule has 1 N–H and O–H groups in total. The molecule has 0 radical (unpaired) electrons. The molecule has 7 nitrogen and oxygen atoms in total. The molecule has 1 atom stereocenters. The third-order valence-electron chi connectivity index (χ3n) is 5.34. The van der Waals surface area contributed by atoms with Crippen LogP contribution in [-0.4, -0.2) is 41.3 Å². The minimum atomic E-state index is -3.74. The molecule has 0 aromatic heterocycles. The normalized spacial score (nSPS) is 14.0. The number of nitrogens with zero attached hydrogens (tertiary/aromatic N) is 1. The summed E-state index contributed by atoms with van der Waals surface area (Å²) in [5, 5.41) is 2.91. The van der Waals surface area contributed by atoms with Gasteiger partial charge in [0.05, 0.1) is 32.2 Å². The summed E-state index contributed by atoms with van der Waals surface area (Å²) in [5.74, 6) is 0.394. The van der Waals surface area contributed by atoms with Crippen molar-refractivity contribution in [2.24, 2.45) is 0 Å². The maximum atomic E-state index is 12.8. The second-order valence-corrected chi connectivity index (χ2v) is 9.39. The number of anilines is 1. The van der Waals surface area contributed by atoms with E-state index in [1.54, 1.807) is 12.1 Å². The molecule has 2 aromatic carbocycles. The van der Waals surface area contributed by atoms with Gasteiger partial charge in [0.25, 0.3) is 0 Å². The van der Waals surface area contributed by atoms with Gasteiger partial charge in [0, 0.05) is 6.07 Å². The van der Waals surface area contributed by atoms with Gasteiger partial charge in [-0.25, -0.2) is 8.42 Å². The Kier molecular flexibility index (Phi) is 6.55. The molecule has 0 fully saturated rings. The van der Waals surface area contributed by atoms with Crippen LogP contribution in [0.2, 0.25) is 0 Å². The zero-order valence-corrected chi connectivity index (χ0v) is 18.6. The highest BCUT2D eigenvalue weighted by molar-refractivity contribution is 7.92. The summed E-state index contributed by atoms with van der Waals surface area (Å²) in [4.78, 5) is 12.8. The number of fused-ring (bicyclic) bond motifs is 1. The average molecular weight is 433 g/mol. The van der Waals surface area contributed by atoms with Gasteiger partial charge >= 0.3 is 0 Å². The van der Waals surface area contributed by atoms with Crippen LogP contribution in [0.15, 0.2) is 36.4 Å². The molecule has 2 aromatic rings. The summed E-state index contributed by atoms with van der Waals surface area (Å²) in [6.45, 7) is 1.53. The summed E-state index contributed by atoms with van der Waals surface area (Å²) in [6.07, 6.45) is 4.37. The second kappa shape index (κ2) is 8.95. The van der Waals surface area contributed by atoms with Crippen molar-refractivity contribution in [3.8, 4) is 11.5 Å². The summed E-state index contributed by atoms with van der Waals surface area (Å²) < 4.78 is 36.5. The van der Waals surface area contributed by atoms with Crippen molar-refractivity contribution < 1.29 is 22.7 Å². The Morgan fingerprint density at radius 2 is 1.83 bits per heavy atom. The van der Waals surface area contributed by atoms with Crippen LogP contribution in [0.1, 0.15) is 36.1 Å². The first kappa shape index (κ1) is 22.0. The van der Waals surface area contributed by atoms with E-state index >= 15 is 0 Å². The number of carbonyl (C=O) groups is 1. The van der Waals surface area contributed by atoms with Crippen LogP contribution >= 0.6 is 0 Å². The van der Waals surface area contributed by atoms with Crippen LogP contribution in [0.3, 0.4) is 0 Å². The number of aryl methyl sites for hydroxylation is 2. The first-order valence-corrected chi connectivity index (χ1v) is 11.7. The summed E-state index contributed by atoms with van der Waals surface area (Å²) in [5.41, 5.74) is 3.95. The van der Waals surface area contributed by atoms with E-state index in [0.29, 0.717) is 11.5 Å². The molecule has 162 valence electrons. The lowest BCUT2D eigenvalue weighted by Gasteiger charge is -2.25. The molecule has 8 heteroatoms. The zero-order chi connectivity index (χ0) is 21.9. The molecule has 0 unspecified atom stereocenters. The molecule has 0 saturated carbocycles. The van der Waals surface area contributed by atoms with Gasteiger partial charge in [-0.15, -0.1) is 0 Å².